The molecule has 4 nitrogen and oxygen atoms in total. The Morgan fingerprint density at radius 1 is 1.53 bits per heavy atom. The van der Waals surface area contributed by atoms with Crippen LogP contribution in [0, 0.1) is 17.2 Å². The highest BCUT2D eigenvalue weighted by Crippen LogP contribution is 2.02. The predicted octanol–water partition coefficient (Wildman–Crippen LogP) is 1.17. The third-order valence-electron chi connectivity index (χ3n) is 2.30. The van der Waals surface area contributed by atoms with Gasteiger partial charge in [-0.25, -0.2) is 0 Å². The van der Waals surface area contributed by atoms with Gasteiger partial charge in [0.25, 0.3) is 0 Å². The first kappa shape index (κ1) is 13.9. The highest BCUT2D eigenvalue weighted by atomic mass is 16.1. The maximum Gasteiger partial charge on any atom is 0.220 e. The lowest BCUT2D eigenvalue weighted by molar-refractivity contribution is -0.121. The van der Waals surface area contributed by atoms with Gasteiger partial charge in [-0.1, -0.05) is 6.92 Å². The Labute approximate surface area is 91.8 Å². The van der Waals surface area contributed by atoms with Crippen molar-refractivity contribution in [2.24, 2.45) is 11.7 Å². The van der Waals surface area contributed by atoms with Crippen LogP contribution in [-0.4, -0.2) is 19.0 Å². The average molecular weight is 211 g/mol. The summed E-state index contributed by atoms with van der Waals surface area (Å²) in [6.07, 6.45) is 3.71. The minimum atomic E-state index is 0.0901. The lowest BCUT2D eigenvalue weighted by Crippen LogP contribution is -2.25. The number of nitrogens with one attached hydrogen (secondary N) is 1. The van der Waals surface area contributed by atoms with Crippen LogP contribution in [0.25, 0.3) is 0 Å². The Morgan fingerprint density at radius 3 is 2.87 bits per heavy atom. The summed E-state index contributed by atoms with van der Waals surface area (Å²) in [5.41, 5.74) is 5.45. The Kier molecular flexibility index (Phi) is 8.79. The van der Waals surface area contributed by atoms with Gasteiger partial charge in [-0.15, -0.1) is 0 Å². The first-order chi connectivity index (χ1) is 7.20. The van der Waals surface area contributed by atoms with Crippen LogP contribution in [0.2, 0.25) is 0 Å². The second kappa shape index (κ2) is 9.47. The number of nitriles is 1. The van der Waals surface area contributed by atoms with Crippen LogP contribution < -0.4 is 11.1 Å². The van der Waals surface area contributed by atoms with Crippen LogP contribution in [0.5, 0.6) is 0 Å². The molecule has 1 amide bonds. The van der Waals surface area contributed by atoms with Crippen molar-refractivity contribution in [3.63, 3.8) is 0 Å². The molecule has 4 heteroatoms. The Bertz CT molecular complexity index is 210. The number of hydrogen-bond donors (Lipinski definition) is 2. The molecule has 0 aliphatic heterocycles. The summed E-state index contributed by atoms with van der Waals surface area (Å²) in [7, 11) is 0. The molecule has 0 aromatic heterocycles. The fourth-order valence-electron chi connectivity index (χ4n) is 1.14. The summed E-state index contributed by atoms with van der Waals surface area (Å²) in [5, 5.41) is 11.1. The van der Waals surface area contributed by atoms with Gasteiger partial charge in [-0.3, -0.25) is 4.79 Å². The molecule has 0 aromatic carbocycles. The largest absolute Gasteiger partial charge is 0.356 e. The van der Waals surface area contributed by atoms with Crippen LogP contribution in [0.4, 0.5) is 0 Å². The molecule has 0 radical (unpaired) electrons. The van der Waals surface area contributed by atoms with Gasteiger partial charge in [0.15, 0.2) is 0 Å². The van der Waals surface area contributed by atoms with Gasteiger partial charge in [0, 0.05) is 19.4 Å². The van der Waals surface area contributed by atoms with Gasteiger partial charge in [0.1, 0.15) is 0 Å². The lowest BCUT2D eigenvalue weighted by Gasteiger charge is -2.08. The number of carbonyl (C=O) groups is 1. The van der Waals surface area contributed by atoms with Crippen molar-refractivity contribution in [2.75, 3.05) is 13.1 Å². The van der Waals surface area contributed by atoms with Crippen molar-refractivity contribution in [2.45, 2.75) is 39.0 Å². The summed E-state index contributed by atoms with van der Waals surface area (Å²) >= 11 is 0. The number of nitrogens with zero attached hydrogens (tertiary/aromatic N) is 1. The molecule has 0 spiro atoms. The zero-order chi connectivity index (χ0) is 11.5. The lowest BCUT2D eigenvalue weighted by atomic mass is 10.1. The molecule has 0 aliphatic rings. The first-order valence-corrected chi connectivity index (χ1v) is 5.54. The van der Waals surface area contributed by atoms with Gasteiger partial charge < -0.3 is 11.1 Å². The highest BCUT2D eigenvalue weighted by molar-refractivity contribution is 5.75. The highest BCUT2D eigenvalue weighted by Gasteiger charge is 2.04. The second-order valence-corrected chi connectivity index (χ2v) is 3.84. The number of unbranched alkanes of at least 4 members (excludes halogenated alkanes) is 2. The van der Waals surface area contributed by atoms with Crippen LogP contribution >= 0.6 is 0 Å². The van der Waals surface area contributed by atoms with Crippen LogP contribution in [0.1, 0.15) is 39.0 Å². The van der Waals surface area contributed by atoms with E-state index in [0.29, 0.717) is 31.8 Å². The second-order valence-electron chi connectivity index (χ2n) is 3.84. The topological polar surface area (TPSA) is 78.9 Å². The zero-order valence-electron chi connectivity index (χ0n) is 9.46. The molecule has 0 saturated carbocycles. The predicted molar refractivity (Wildman–Crippen MR) is 59.9 cm³/mol. The molecule has 0 rings (SSSR count). The molecule has 0 saturated heterocycles. The molecular weight excluding hydrogens is 190 g/mol. The molecule has 1 atom stereocenters. The Morgan fingerprint density at radius 2 is 2.27 bits per heavy atom. The SMILES string of the molecule is CC(CN)CCC(=O)NCCCCC#N. The quantitative estimate of drug-likeness (QED) is 0.591. The van der Waals surface area contributed by atoms with Crippen molar-refractivity contribution >= 4 is 5.91 Å². The first-order valence-electron chi connectivity index (χ1n) is 5.54. The van der Waals surface area contributed by atoms with E-state index in [9.17, 15) is 4.79 Å². The fraction of sp³-hybridized carbons (Fsp3) is 0.818. The number of hydrogen-bond acceptors (Lipinski definition) is 3. The van der Waals surface area contributed by atoms with Gasteiger partial charge >= 0.3 is 0 Å². The minimum Gasteiger partial charge on any atom is -0.356 e. The molecule has 0 bridgehead atoms. The summed E-state index contributed by atoms with van der Waals surface area (Å²) in [5.74, 6) is 0.501. The van der Waals surface area contributed by atoms with E-state index < -0.39 is 0 Å². The summed E-state index contributed by atoms with van der Waals surface area (Å²) < 4.78 is 0. The standard InChI is InChI=1S/C11H21N3O/c1-10(9-13)5-6-11(15)14-8-4-2-3-7-12/h10H,2-6,8-9,13H2,1H3,(H,14,15). The van der Waals surface area contributed by atoms with Crippen molar-refractivity contribution in [1.29, 1.82) is 5.26 Å². The normalized spacial score (nSPS) is 11.8. The molecule has 86 valence electrons. The van der Waals surface area contributed by atoms with Gasteiger partial charge in [-0.2, -0.15) is 5.26 Å². The zero-order valence-corrected chi connectivity index (χ0v) is 9.46. The summed E-state index contributed by atoms with van der Waals surface area (Å²) in [6, 6.07) is 2.08. The Balaban J connectivity index is 3.30. The van der Waals surface area contributed by atoms with E-state index in [2.05, 4.69) is 11.4 Å². The molecule has 0 heterocycles. The molecule has 3 N–H and O–H groups in total. The number of nitrogens with two attached hydrogens (primary N) is 1. The smallest absolute Gasteiger partial charge is 0.220 e. The molecule has 0 aliphatic carbocycles. The number of amides is 1. The van der Waals surface area contributed by atoms with Crippen LogP contribution in [0.15, 0.2) is 0 Å². The molecule has 0 fully saturated rings. The van der Waals surface area contributed by atoms with Crippen LogP contribution in [0.3, 0.4) is 0 Å². The van der Waals surface area contributed by atoms with E-state index in [1.54, 1.807) is 0 Å². The van der Waals surface area contributed by atoms with E-state index in [0.717, 1.165) is 19.3 Å². The van der Waals surface area contributed by atoms with Crippen molar-refractivity contribution in [1.82, 2.24) is 5.32 Å². The van der Waals surface area contributed by atoms with Gasteiger partial charge in [0.2, 0.25) is 5.91 Å². The van der Waals surface area contributed by atoms with E-state index in [1.165, 1.54) is 0 Å². The number of rotatable bonds is 8. The summed E-state index contributed by atoms with van der Waals surface area (Å²) in [6.45, 7) is 3.35. The minimum absolute atomic E-state index is 0.0901. The molecule has 0 aromatic rings. The molecule has 15 heavy (non-hydrogen) atoms. The van der Waals surface area contributed by atoms with Crippen LogP contribution in [-0.2, 0) is 4.79 Å². The molecule has 1 unspecified atom stereocenters. The van der Waals surface area contributed by atoms with Crippen molar-refractivity contribution in [3.05, 3.63) is 0 Å². The maximum atomic E-state index is 11.3. The van der Waals surface area contributed by atoms with Gasteiger partial charge in [0.05, 0.1) is 6.07 Å². The average Bonchev–Trinajstić information content (AvgIpc) is 2.25. The van der Waals surface area contributed by atoms with Gasteiger partial charge in [-0.05, 0) is 31.7 Å². The monoisotopic (exact) mass is 211 g/mol. The number of carbonyl (C=O) groups excluding carboxylic acids is 1. The van der Waals surface area contributed by atoms with E-state index >= 15 is 0 Å². The van der Waals surface area contributed by atoms with E-state index in [4.69, 9.17) is 11.0 Å². The maximum absolute atomic E-state index is 11.3. The fourth-order valence-corrected chi connectivity index (χ4v) is 1.14. The third-order valence-corrected chi connectivity index (χ3v) is 2.30. The van der Waals surface area contributed by atoms with Crippen molar-refractivity contribution in [3.8, 4) is 6.07 Å². The van der Waals surface area contributed by atoms with Crippen molar-refractivity contribution < 1.29 is 4.79 Å². The summed E-state index contributed by atoms with van der Waals surface area (Å²) in [4.78, 5) is 11.3. The van der Waals surface area contributed by atoms with E-state index in [1.807, 2.05) is 6.92 Å². The van der Waals surface area contributed by atoms with E-state index in [-0.39, 0.29) is 5.91 Å². The third kappa shape index (κ3) is 9.23. The Hall–Kier alpha value is -1.08. The molecular formula is C11H21N3O.